The zero-order valence-electron chi connectivity index (χ0n) is 12.0. The summed E-state index contributed by atoms with van der Waals surface area (Å²) in [6.45, 7) is 8.68. The van der Waals surface area contributed by atoms with Gasteiger partial charge in [0.05, 0.1) is 2.97 Å². The maximum absolute atomic E-state index is 12.0. The minimum Gasteiger partial charge on any atom is -0.444 e. The number of carbonyl (C=O) groups is 1. The molecule has 0 spiro atoms. The lowest BCUT2D eigenvalue weighted by Gasteiger charge is -2.37. The number of carbonyl (C=O) groups excluding carboxylic acids is 1. The molecule has 2 heterocycles. The normalized spacial score (nSPS) is 20.0. The summed E-state index contributed by atoms with van der Waals surface area (Å²) in [7, 11) is 0. The molecule has 0 N–H and O–H groups in total. The predicted octanol–water partition coefficient (Wildman–Crippen LogP) is 3.29. The third kappa shape index (κ3) is 4.48. The Bertz CT molecular complexity index is 472. The molecule has 6 heteroatoms. The van der Waals surface area contributed by atoms with Crippen molar-refractivity contribution in [3.63, 3.8) is 0 Å². The average Bonchev–Trinajstić information content (AvgIpc) is 2.37. The quantitative estimate of drug-likeness (QED) is 0.622. The van der Waals surface area contributed by atoms with Crippen LogP contribution in [0, 0.1) is 0 Å². The second-order valence-corrected chi connectivity index (χ2v) is 9.26. The van der Waals surface area contributed by atoms with Gasteiger partial charge in [-0.2, -0.15) is 0 Å². The van der Waals surface area contributed by atoms with Gasteiger partial charge in [-0.1, -0.05) is 32.3 Å². The standard InChI is InChI=1S/C14H20ClIN2O2/c1-14(2,3)20-13(19)18-8-6-17(7-9-18)11-4-5-16-12(15)10-11/h4-5,10H,6-9H2,1-3H3. The Hall–Kier alpha value is -0.560. The number of halogens is 2. The lowest BCUT2D eigenvalue weighted by atomic mass is 10.2. The van der Waals surface area contributed by atoms with Gasteiger partial charge in [0.1, 0.15) is 5.60 Å². The highest BCUT2D eigenvalue weighted by Gasteiger charge is 2.26. The molecule has 0 aromatic carbocycles. The molecular formula is C14H20ClIN2O2. The summed E-state index contributed by atoms with van der Waals surface area (Å²) in [5.74, 6) is 0. The summed E-state index contributed by atoms with van der Waals surface area (Å²) in [5, 5.41) is 0. The number of allylic oxidation sites excluding steroid dienone is 2. The van der Waals surface area contributed by atoms with E-state index in [2.05, 4.69) is 21.1 Å². The van der Waals surface area contributed by atoms with E-state index in [-0.39, 0.29) is 26.8 Å². The number of hydrogen-bond acceptors (Lipinski definition) is 3. The van der Waals surface area contributed by atoms with E-state index in [9.17, 15) is 4.79 Å². The first kappa shape index (κ1) is 15.8. The van der Waals surface area contributed by atoms with Crippen LogP contribution in [-0.2, 0) is 4.74 Å². The van der Waals surface area contributed by atoms with Crippen LogP contribution in [0.4, 0.5) is 4.79 Å². The van der Waals surface area contributed by atoms with Gasteiger partial charge in [0.2, 0.25) is 0 Å². The first-order chi connectivity index (χ1) is 9.35. The first-order valence-corrected chi connectivity index (χ1v) is 9.32. The first-order valence-electron chi connectivity index (χ1n) is 6.62. The summed E-state index contributed by atoms with van der Waals surface area (Å²) >= 11 is 5.99. The van der Waals surface area contributed by atoms with Crippen molar-refractivity contribution in [2.24, 2.45) is 0 Å². The van der Waals surface area contributed by atoms with Crippen molar-refractivity contribution in [3.8, 4) is 0 Å². The van der Waals surface area contributed by atoms with Gasteiger partial charge in [0, 0.05) is 31.9 Å². The Labute approximate surface area is 135 Å². The predicted molar refractivity (Wildman–Crippen MR) is 91.5 cm³/mol. The number of nitrogens with zero attached hydrogens (tertiary/aromatic N) is 2. The fourth-order valence-corrected chi connectivity index (χ4v) is 3.84. The number of piperazine rings is 1. The maximum Gasteiger partial charge on any atom is 0.410 e. The van der Waals surface area contributed by atoms with E-state index in [1.807, 2.05) is 20.8 Å². The zero-order chi connectivity index (χ0) is 14.8. The van der Waals surface area contributed by atoms with E-state index in [4.69, 9.17) is 16.3 Å². The van der Waals surface area contributed by atoms with Gasteiger partial charge < -0.3 is 14.5 Å². The average molecular weight is 411 g/mol. The molecule has 0 radical (unpaired) electrons. The smallest absolute Gasteiger partial charge is 0.410 e. The van der Waals surface area contributed by atoms with Crippen LogP contribution in [0.15, 0.2) is 21.9 Å². The van der Waals surface area contributed by atoms with Crippen molar-refractivity contribution in [1.29, 1.82) is 0 Å². The highest BCUT2D eigenvalue weighted by Crippen LogP contribution is 2.21. The van der Waals surface area contributed by atoms with Crippen LogP contribution < -0.4 is 0 Å². The van der Waals surface area contributed by atoms with Crippen molar-refractivity contribution >= 4 is 41.4 Å². The van der Waals surface area contributed by atoms with Crippen molar-refractivity contribution in [2.45, 2.75) is 26.4 Å². The SMILES string of the molecule is CC(C)(C)OC(=O)N1CCN(C2=CC(Cl)=IC=C2)CC1. The van der Waals surface area contributed by atoms with Crippen LogP contribution in [0.2, 0.25) is 0 Å². The van der Waals surface area contributed by atoms with Crippen molar-refractivity contribution < 1.29 is 9.53 Å². The molecule has 2 aliphatic heterocycles. The van der Waals surface area contributed by atoms with Gasteiger partial charge in [-0.3, -0.25) is 0 Å². The fourth-order valence-electron chi connectivity index (χ4n) is 2.02. The molecule has 1 saturated heterocycles. The van der Waals surface area contributed by atoms with Gasteiger partial charge in [-0.05, 0) is 37.0 Å². The molecular weight excluding hydrogens is 391 g/mol. The second-order valence-electron chi connectivity index (χ2n) is 5.72. The maximum atomic E-state index is 12.0. The third-order valence-corrected chi connectivity index (χ3v) is 5.24. The topological polar surface area (TPSA) is 32.8 Å². The second kappa shape index (κ2) is 6.47. The number of amides is 1. The summed E-state index contributed by atoms with van der Waals surface area (Å²) in [4.78, 5) is 16.0. The number of rotatable bonds is 1. The lowest BCUT2D eigenvalue weighted by molar-refractivity contribution is 0.0171. The van der Waals surface area contributed by atoms with E-state index in [0.717, 1.165) is 21.8 Å². The van der Waals surface area contributed by atoms with E-state index in [0.29, 0.717) is 13.1 Å². The summed E-state index contributed by atoms with van der Waals surface area (Å²) in [6.07, 6.45) is 3.97. The van der Waals surface area contributed by atoms with Gasteiger partial charge >= 0.3 is 6.09 Å². The van der Waals surface area contributed by atoms with E-state index >= 15 is 0 Å². The largest absolute Gasteiger partial charge is 0.444 e. The minimum atomic E-state index is -0.436. The Morgan fingerprint density at radius 1 is 1.30 bits per heavy atom. The van der Waals surface area contributed by atoms with Gasteiger partial charge in [-0.25, -0.2) is 4.79 Å². The molecule has 4 nitrogen and oxygen atoms in total. The Balaban J connectivity index is 1.88. The summed E-state index contributed by atoms with van der Waals surface area (Å²) in [6, 6.07) is 0. The number of ether oxygens (including phenoxy) is 1. The van der Waals surface area contributed by atoms with Crippen LogP contribution in [0.1, 0.15) is 20.8 Å². The van der Waals surface area contributed by atoms with E-state index in [1.165, 1.54) is 0 Å². The van der Waals surface area contributed by atoms with E-state index < -0.39 is 5.60 Å². The fraction of sp³-hybridized carbons (Fsp3) is 0.571. The summed E-state index contributed by atoms with van der Waals surface area (Å²) in [5.41, 5.74) is 0.722. The lowest BCUT2D eigenvalue weighted by Crippen LogP contribution is -2.49. The molecule has 0 aromatic heterocycles. The molecule has 0 saturated carbocycles. The molecule has 1 fully saturated rings. The molecule has 0 aliphatic carbocycles. The molecule has 1 amide bonds. The van der Waals surface area contributed by atoms with Crippen LogP contribution in [0.5, 0.6) is 0 Å². The Morgan fingerprint density at radius 3 is 2.50 bits per heavy atom. The molecule has 20 heavy (non-hydrogen) atoms. The van der Waals surface area contributed by atoms with Crippen LogP contribution >= 0.6 is 32.3 Å². The van der Waals surface area contributed by atoms with Crippen LogP contribution in [0.25, 0.3) is 0 Å². The molecule has 0 atom stereocenters. The molecule has 112 valence electrons. The minimum absolute atomic E-state index is 0.120. The van der Waals surface area contributed by atoms with Crippen molar-refractivity contribution in [1.82, 2.24) is 9.80 Å². The van der Waals surface area contributed by atoms with Gasteiger partial charge in [-0.15, -0.1) is 0 Å². The molecule has 2 aliphatic rings. The highest BCUT2D eigenvalue weighted by molar-refractivity contribution is 14.2. The molecule has 0 unspecified atom stereocenters. The van der Waals surface area contributed by atoms with Crippen LogP contribution in [0.3, 0.4) is 0 Å². The monoisotopic (exact) mass is 410 g/mol. The molecule has 0 bridgehead atoms. The Kier molecular flexibility index (Phi) is 5.12. The van der Waals surface area contributed by atoms with Gasteiger partial charge in [0.25, 0.3) is 0 Å². The van der Waals surface area contributed by atoms with Crippen LogP contribution in [-0.4, -0.2) is 50.6 Å². The number of hydrogen-bond donors (Lipinski definition) is 0. The van der Waals surface area contributed by atoms with Gasteiger partial charge in [0.15, 0.2) is 0 Å². The van der Waals surface area contributed by atoms with Crippen molar-refractivity contribution in [3.05, 3.63) is 21.9 Å². The highest BCUT2D eigenvalue weighted by atomic mass is 127. The molecule has 2 rings (SSSR count). The Morgan fingerprint density at radius 2 is 1.95 bits per heavy atom. The zero-order valence-corrected chi connectivity index (χ0v) is 14.9. The van der Waals surface area contributed by atoms with E-state index in [1.54, 1.807) is 4.90 Å². The summed E-state index contributed by atoms with van der Waals surface area (Å²) < 4.78 is 8.54. The third-order valence-electron chi connectivity index (χ3n) is 2.95. The molecule has 0 aromatic rings. The van der Waals surface area contributed by atoms with Crippen molar-refractivity contribution in [2.75, 3.05) is 26.2 Å².